The highest BCUT2D eigenvalue weighted by atomic mass is 32.2. The Kier molecular flexibility index (Phi) is 5.02. The van der Waals surface area contributed by atoms with Crippen molar-refractivity contribution < 1.29 is 8.91 Å². The van der Waals surface area contributed by atoms with Gasteiger partial charge in [0.1, 0.15) is 5.82 Å². The van der Waals surface area contributed by atoms with E-state index < -0.39 is 0 Å². The summed E-state index contributed by atoms with van der Waals surface area (Å²) < 4.78 is 18.3. The number of aromatic amines is 1. The number of halogens is 1. The molecule has 2 aromatic heterocycles. The molecule has 0 unspecified atom stereocenters. The van der Waals surface area contributed by atoms with Crippen molar-refractivity contribution in [2.45, 2.75) is 24.3 Å². The lowest BCUT2D eigenvalue weighted by Gasteiger charge is -1.98. The van der Waals surface area contributed by atoms with E-state index in [0.29, 0.717) is 17.5 Å². The van der Waals surface area contributed by atoms with Crippen molar-refractivity contribution in [3.05, 3.63) is 83.3 Å². The first-order valence-electron chi connectivity index (χ1n) is 8.48. The summed E-state index contributed by atoms with van der Waals surface area (Å²) in [6, 6.07) is 16.3. The molecule has 0 saturated heterocycles. The van der Waals surface area contributed by atoms with Gasteiger partial charge in [-0.25, -0.2) is 9.37 Å². The first kappa shape index (κ1) is 17.5. The Balaban J connectivity index is 1.41. The molecule has 0 aliphatic rings. The third-order valence-corrected chi connectivity index (χ3v) is 4.94. The summed E-state index contributed by atoms with van der Waals surface area (Å²) >= 11 is 1.51. The number of nitrogens with zero attached hydrogens (tertiary/aromatic N) is 3. The molecule has 0 aliphatic heterocycles. The molecule has 0 radical (unpaired) electrons. The van der Waals surface area contributed by atoms with Gasteiger partial charge in [0.05, 0.1) is 11.4 Å². The van der Waals surface area contributed by atoms with E-state index in [-0.39, 0.29) is 5.82 Å². The van der Waals surface area contributed by atoms with Crippen molar-refractivity contribution in [2.24, 2.45) is 0 Å². The number of rotatable bonds is 6. The second kappa shape index (κ2) is 7.75. The van der Waals surface area contributed by atoms with E-state index in [1.807, 2.05) is 25.1 Å². The van der Waals surface area contributed by atoms with Crippen LogP contribution < -0.4 is 0 Å². The Morgan fingerprint density at radius 3 is 2.59 bits per heavy atom. The molecule has 0 fully saturated rings. The zero-order valence-electron chi connectivity index (χ0n) is 14.6. The van der Waals surface area contributed by atoms with Crippen molar-refractivity contribution in [1.82, 2.24) is 20.1 Å². The number of imidazole rings is 1. The maximum atomic E-state index is 13.0. The maximum absolute atomic E-state index is 13.0. The summed E-state index contributed by atoms with van der Waals surface area (Å²) in [5.74, 6) is 1.16. The summed E-state index contributed by atoms with van der Waals surface area (Å²) in [4.78, 5) is 12.3. The van der Waals surface area contributed by atoms with Crippen LogP contribution in [0.3, 0.4) is 0 Å². The van der Waals surface area contributed by atoms with Crippen LogP contribution in [0.1, 0.15) is 22.8 Å². The number of H-pyrrole nitrogens is 1. The van der Waals surface area contributed by atoms with Crippen LogP contribution in [0.5, 0.6) is 0 Å². The van der Waals surface area contributed by atoms with Crippen LogP contribution in [0.25, 0.3) is 11.4 Å². The molecule has 1 N–H and O–H groups in total. The molecule has 7 heteroatoms. The average molecular weight is 380 g/mol. The second-order valence-corrected chi connectivity index (χ2v) is 7.05. The van der Waals surface area contributed by atoms with Gasteiger partial charge in [-0.15, -0.1) is 0 Å². The third kappa shape index (κ3) is 4.25. The van der Waals surface area contributed by atoms with Gasteiger partial charge in [-0.05, 0) is 36.8 Å². The van der Waals surface area contributed by atoms with Gasteiger partial charge in [0, 0.05) is 17.7 Å². The van der Waals surface area contributed by atoms with Crippen LogP contribution in [0.2, 0.25) is 0 Å². The molecule has 4 rings (SSSR count). The van der Waals surface area contributed by atoms with E-state index in [9.17, 15) is 4.39 Å². The van der Waals surface area contributed by atoms with Crippen molar-refractivity contribution in [2.75, 3.05) is 0 Å². The number of hydrogen-bond donors (Lipinski definition) is 1. The zero-order chi connectivity index (χ0) is 18.6. The number of aromatic nitrogens is 4. The second-order valence-electron chi connectivity index (χ2n) is 6.08. The Bertz CT molecular complexity index is 1030. The lowest BCUT2D eigenvalue weighted by Crippen LogP contribution is -1.90. The lowest BCUT2D eigenvalue weighted by molar-refractivity contribution is 0.391. The van der Waals surface area contributed by atoms with E-state index in [1.54, 1.807) is 12.1 Å². The highest BCUT2D eigenvalue weighted by Gasteiger charge is 2.12. The monoisotopic (exact) mass is 380 g/mol. The Morgan fingerprint density at radius 1 is 1.04 bits per heavy atom. The van der Waals surface area contributed by atoms with E-state index in [0.717, 1.165) is 28.5 Å². The fourth-order valence-corrected chi connectivity index (χ4v) is 3.43. The SMILES string of the molecule is Cc1[nH]c(SCc2nc(-c3ccc(F)cc3)no2)nc1Cc1ccccc1. The van der Waals surface area contributed by atoms with Gasteiger partial charge in [0.2, 0.25) is 11.7 Å². The van der Waals surface area contributed by atoms with Crippen molar-refractivity contribution in [3.8, 4) is 11.4 Å². The molecule has 4 aromatic rings. The number of thioether (sulfide) groups is 1. The number of hydrogen-bond acceptors (Lipinski definition) is 5. The number of nitrogens with one attached hydrogen (secondary N) is 1. The fourth-order valence-electron chi connectivity index (χ4n) is 2.66. The first-order valence-corrected chi connectivity index (χ1v) is 9.46. The zero-order valence-corrected chi connectivity index (χ0v) is 15.5. The Morgan fingerprint density at radius 2 is 1.81 bits per heavy atom. The number of aryl methyl sites for hydroxylation is 1. The minimum absolute atomic E-state index is 0.294. The molecule has 0 amide bonds. The highest BCUT2D eigenvalue weighted by Crippen LogP contribution is 2.23. The predicted octanol–water partition coefficient (Wildman–Crippen LogP) is 4.79. The van der Waals surface area contributed by atoms with Gasteiger partial charge in [-0.1, -0.05) is 47.3 Å². The summed E-state index contributed by atoms with van der Waals surface area (Å²) in [6.45, 7) is 2.02. The molecule has 0 spiro atoms. The van der Waals surface area contributed by atoms with Gasteiger partial charge in [-0.3, -0.25) is 0 Å². The highest BCUT2D eigenvalue weighted by molar-refractivity contribution is 7.98. The van der Waals surface area contributed by atoms with E-state index in [4.69, 9.17) is 4.52 Å². The minimum Gasteiger partial charge on any atom is -0.338 e. The van der Waals surface area contributed by atoms with E-state index >= 15 is 0 Å². The third-order valence-electron chi connectivity index (χ3n) is 4.08. The van der Waals surface area contributed by atoms with Crippen LogP contribution in [-0.2, 0) is 12.2 Å². The molecule has 0 aliphatic carbocycles. The molecule has 2 heterocycles. The largest absolute Gasteiger partial charge is 0.338 e. The molecular formula is C20H17FN4OS. The number of benzene rings is 2. The molecule has 136 valence electrons. The molecular weight excluding hydrogens is 363 g/mol. The van der Waals surface area contributed by atoms with Gasteiger partial charge >= 0.3 is 0 Å². The standard InChI is InChI=1S/C20H17FN4OS/c1-13-17(11-14-5-3-2-4-6-14)23-20(22-13)27-12-18-24-19(25-26-18)15-7-9-16(21)10-8-15/h2-10H,11-12H2,1H3,(H,22,23). The summed E-state index contributed by atoms with van der Waals surface area (Å²) in [5, 5.41) is 4.77. The van der Waals surface area contributed by atoms with Gasteiger partial charge in [0.25, 0.3) is 0 Å². The molecule has 2 aromatic carbocycles. The molecule has 0 atom stereocenters. The molecule has 5 nitrogen and oxygen atoms in total. The van der Waals surface area contributed by atoms with Gasteiger partial charge in [-0.2, -0.15) is 4.98 Å². The molecule has 0 saturated carbocycles. The fraction of sp³-hybridized carbons (Fsp3) is 0.150. The van der Waals surface area contributed by atoms with Crippen LogP contribution in [0, 0.1) is 12.7 Å². The van der Waals surface area contributed by atoms with Crippen molar-refractivity contribution in [1.29, 1.82) is 0 Å². The predicted molar refractivity (Wildman–Crippen MR) is 102 cm³/mol. The quantitative estimate of drug-likeness (QED) is 0.487. The van der Waals surface area contributed by atoms with Crippen LogP contribution in [0.15, 0.2) is 64.3 Å². The Hall–Kier alpha value is -2.93. The van der Waals surface area contributed by atoms with E-state index in [2.05, 4.69) is 32.2 Å². The van der Waals surface area contributed by atoms with Crippen LogP contribution >= 0.6 is 11.8 Å². The average Bonchev–Trinajstić information content (AvgIpc) is 3.29. The van der Waals surface area contributed by atoms with Gasteiger partial charge < -0.3 is 9.51 Å². The maximum Gasteiger partial charge on any atom is 0.237 e. The topological polar surface area (TPSA) is 67.6 Å². The smallest absolute Gasteiger partial charge is 0.237 e. The summed E-state index contributed by atoms with van der Waals surface area (Å²) in [7, 11) is 0. The summed E-state index contributed by atoms with van der Waals surface area (Å²) in [6.07, 6.45) is 0.791. The van der Waals surface area contributed by atoms with Crippen LogP contribution in [-0.4, -0.2) is 20.1 Å². The molecule has 27 heavy (non-hydrogen) atoms. The minimum atomic E-state index is -0.294. The van der Waals surface area contributed by atoms with Crippen molar-refractivity contribution in [3.63, 3.8) is 0 Å². The van der Waals surface area contributed by atoms with Crippen LogP contribution in [0.4, 0.5) is 4.39 Å². The molecule has 0 bridgehead atoms. The van der Waals surface area contributed by atoms with Crippen molar-refractivity contribution >= 4 is 11.8 Å². The lowest BCUT2D eigenvalue weighted by atomic mass is 10.1. The Labute approximate surface area is 160 Å². The first-order chi connectivity index (χ1) is 13.2. The normalized spacial score (nSPS) is 11.0. The summed E-state index contributed by atoms with van der Waals surface area (Å²) in [5.41, 5.74) is 4.03. The van der Waals surface area contributed by atoms with Gasteiger partial charge in [0.15, 0.2) is 5.16 Å². The van der Waals surface area contributed by atoms with E-state index in [1.165, 1.54) is 29.5 Å².